The predicted molar refractivity (Wildman–Crippen MR) is 107 cm³/mol. The topological polar surface area (TPSA) is 96.6 Å². The first-order chi connectivity index (χ1) is 14.5. The summed E-state index contributed by atoms with van der Waals surface area (Å²) in [5.74, 6) is -1.20. The summed E-state index contributed by atoms with van der Waals surface area (Å²) in [6, 6.07) is 12.8. The fourth-order valence-electron chi connectivity index (χ4n) is 3.02. The van der Waals surface area contributed by atoms with Gasteiger partial charge >= 0.3 is 5.97 Å². The number of fused-ring (bicyclic) bond motifs is 1. The summed E-state index contributed by atoms with van der Waals surface area (Å²) in [6.07, 6.45) is 5.08. The van der Waals surface area contributed by atoms with Crippen LogP contribution >= 0.6 is 0 Å². The smallest absolute Gasteiger partial charge is 0.335 e. The summed E-state index contributed by atoms with van der Waals surface area (Å²) < 4.78 is 15.5. The van der Waals surface area contributed by atoms with Gasteiger partial charge in [0.2, 0.25) is 5.78 Å². The van der Waals surface area contributed by atoms with Gasteiger partial charge in [0.25, 0.3) is 5.91 Å². The molecule has 0 saturated heterocycles. The van der Waals surface area contributed by atoms with Crippen molar-refractivity contribution in [3.63, 3.8) is 0 Å². The number of aromatic nitrogens is 3. The van der Waals surface area contributed by atoms with E-state index < -0.39 is 5.97 Å². The third kappa shape index (κ3) is 4.17. The average molecular weight is 404 g/mol. The second kappa shape index (κ2) is 8.12. The lowest BCUT2D eigenvalue weighted by molar-refractivity contribution is 0.0696. The molecule has 2 aromatic heterocycles. The van der Waals surface area contributed by atoms with Crippen molar-refractivity contribution in [2.24, 2.45) is 0 Å². The SMILES string of the molecule is O=C(O)c1ccc(CNC(=O)c2cnc3nc(Cc4ccccc4F)cn3c2)cc1. The number of imidazole rings is 1. The number of amides is 1. The van der Waals surface area contributed by atoms with Crippen LogP contribution in [0, 0.1) is 5.82 Å². The maximum Gasteiger partial charge on any atom is 0.335 e. The Morgan fingerprint density at radius 3 is 2.53 bits per heavy atom. The first-order valence-corrected chi connectivity index (χ1v) is 9.17. The zero-order valence-electron chi connectivity index (χ0n) is 15.7. The van der Waals surface area contributed by atoms with Gasteiger partial charge in [-0.05, 0) is 29.3 Å². The highest BCUT2D eigenvalue weighted by Crippen LogP contribution is 2.13. The van der Waals surface area contributed by atoms with Crippen molar-refractivity contribution in [2.75, 3.05) is 0 Å². The van der Waals surface area contributed by atoms with E-state index in [0.717, 1.165) is 5.56 Å². The van der Waals surface area contributed by atoms with Gasteiger partial charge in [0, 0.05) is 31.6 Å². The molecule has 30 heavy (non-hydrogen) atoms. The summed E-state index contributed by atoms with van der Waals surface area (Å²) in [7, 11) is 0. The fourth-order valence-corrected chi connectivity index (χ4v) is 3.02. The van der Waals surface area contributed by atoms with Crippen LogP contribution in [-0.4, -0.2) is 31.4 Å². The number of halogens is 1. The Hall–Kier alpha value is -4.07. The van der Waals surface area contributed by atoms with E-state index in [2.05, 4.69) is 15.3 Å². The van der Waals surface area contributed by atoms with Crippen LogP contribution in [0.1, 0.15) is 37.5 Å². The third-order valence-electron chi connectivity index (χ3n) is 4.61. The van der Waals surface area contributed by atoms with Gasteiger partial charge in [0.05, 0.1) is 16.8 Å². The van der Waals surface area contributed by atoms with Gasteiger partial charge < -0.3 is 10.4 Å². The Morgan fingerprint density at radius 2 is 1.80 bits per heavy atom. The third-order valence-corrected chi connectivity index (χ3v) is 4.61. The number of carboxylic acid groups (broad SMARTS) is 1. The zero-order valence-corrected chi connectivity index (χ0v) is 15.7. The Kier molecular flexibility index (Phi) is 5.21. The summed E-state index contributed by atoms with van der Waals surface area (Å²) in [4.78, 5) is 31.9. The lowest BCUT2D eigenvalue weighted by atomic mass is 10.1. The molecule has 0 bridgehead atoms. The number of nitrogens with zero attached hydrogens (tertiary/aromatic N) is 3. The highest BCUT2D eigenvalue weighted by Gasteiger charge is 2.11. The first kappa shape index (κ1) is 19.3. The highest BCUT2D eigenvalue weighted by molar-refractivity contribution is 5.93. The van der Waals surface area contributed by atoms with Crippen molar-refractivity contribution < 1.29 is 19.1 Å². The molecule has 0 atom stereocenters. The molecule has 4 rings (SSSR count). The highest BCUT2D eigenvalue weighted by atomic mass is 19.1. The Labute approximate surface area is 170 Å². The van der Waals surface area contributed by atoms with Gasteiger partial charge in [0.1, 0.15) is 5.82 Å². The first-order valence-electron chi connectivity index (χ1n) is 9.17. The molecule has 0 radical (unpaired) electrons. The van der Waals surface area contributed by atoms with Crippen LogP contribution in [0.25, 0.3) is 5.78 Å². The van der Waals surface area contributed by atoms with Gasteiger partial charge in [-0.25, -0.2) is 19.2 Å². The van der Waals surface area contributed by atoms with E-state index >= 15 is 0 Å². The number of carbonyl (C=O) groups is 2. The number of benzene rings is 2. The average Bonchev–Trinajstić information content (AvgIpc) is 3.15. The number of nitrogens with one attached hydrogen (secondary N) is 1. The second-order valence-electron chi connectivity index (χ2n) is 6.74. The van der Waals surface area contributed by atoms with Gasteiger partial charge in [-0.3, -0.25) is 9.20 Å². The van der Waals surface area contributed by atoms with Crippen LogP contribution < -0.4 is 5.32 Å². The van der Waals surface area contributed by atoms with E-state index in [9.17, 15) is 14.0 Å². The van der Waals surface area contributed by atoms with Crippen LogP contribution in [0.2, 0.25) is 0 Å². The minimum Gasteiger partial charge on any atom is -0.478 e. The van der Waals surface area contributed by atoms with Crippen molar-refractivity contribution >= 4 is 17.7 Å². The summed E-state index contributed by atoms with van der Waals surface area (Å²) >= 11 is 0. The Morgan fingerprint density at radius 1 is 1.03 bits per heavy atom. The quantitative estimate of drug-likeness (QED) is 0.515. The van der Waals surface area contributed by atoms with Crippen molar-refractivity contribution in [1.82, 2.24) is 19.7 Å². The number of hydrogen-bond acceptors (Lipinski definition) is 4. The molecule has 0 unspecified atom stereocenters. The molecule has 7 nitrogen and oxygen atoms in total. The number of carboxylic acids is 1. The van der Waals surface area contributed by atoms with Crippen LogP contribution in [0.5, 0.6) is 0 Å². The standard InChI is InChI=1S/C22H17FN4O3/c23-19-4-2-1-3-16(19)9-18-13-27-12-17(11-25-22(27)26-18)20(28)24-10-14-5-7-15(8-6-14)21(29)30/h1-8,11-13H,9-10H2,(H,24,28)(H,29,30). The van der Waals surface area contributed by atoms with Crippen LogP contribution in [0.3, 0.4) is 0 Å². The number of carbonyl (C=O) groups excluding carboxylic acids is 1. The van der Waals surface area contributed by atoms with Crippen LogP contribution in [-0.2, 0) is 13.0 Å². The monoisotopic (exact) mass is 404 g/mol. The lowest BCUT2D eigenvalue weighted by Crippen LogP contribution is -2.23. The molecule has 4 aromatic rings. The zero-order chi connectivity index (χ0) is 21.1. The van der Waals surface area contributed by atoms with Crippen molar-refractivity contribution in [1.29, 1.82) is 0 Å². The second-order valence-corrected chi connectivity index (χ2v) is 6.74. The van der Waals surface area contributed by atoms with Crippen molar-refractivity contribution in [3.8, 4) is 0 Å². The minimum absolute atomic E-state index is 0.186. The molecule has 2 heterocycles. The Balaban J connectivity index is 1.45. The van der Waals surface area contributed by atoms with E-state index in [4.69, 9.17) is 5.11 Å². The number of hydrogen-bond donors (Lipinski definition) is 2. The number of rotatable bonds is 6. The van der Waals surface area contributed by atoms with Crippen molar-refractivity contribution in [2.45, 2.75) is 13.0 Å². The van der Waals surface area contributed by atoms with E-state index in [0.29, 0.717) is 29.0 Å². The Bertz CT molecular complexity index is 1230. The molecule has 0 fully saturated rings. The molecule has 8 heteroatoms. The van der Waals surface area contributed by atoms with Crippen LogP contribution in [0.4, 0.5) is 4.39 Å². The maximum atomic E-state index is 13.9. The van der Waals surface area contributed by atoms with Gasteiger partial charge in [-0.2, -0.15) is 0 Å². The predicted octanol–water partition coefficient (Wildman–Crippen LogP) is 3.09. The maximum absolute atomic E-state index is 13.9. The molecular formula is C22H17FN4O3. The normalized spacial score (nSPS) is 10.8. The molecule has 1 amide bonds. The van der Waals surface area contributed by atoms with Crippen LogP contribution in [0.15, 0.2) is 67.1 Å². The van der Waals surface area contributed by atoms with Gasteiger partial charge in [-0.1, -0.05) is 30.3 Å². The number of aromatic carboxylic acids is 1. The molecule has 0 spiro atoms. The molecule has 0 aliphatic heterocycles. The summed E-state index contributed by atoms with van der Waals surface area (Å²) in [5, 5.41) is 11.7. The van der Waals surface area contributed by atoms with Gasteiger partial charge in [-0.15, -0.1) is 0 Å². The molecule has 0 aliphatic rings. The fraction of sp³-hybridized carbons (Fsp3) is 0.0909. The van der Waals surface area contributed by atoms with E-state index in [1.54, 1.807) is 47.1 Å². The van der Waals surface area contributed by atoms with E-state index in [1.165, 1.54) is 24.4 Å². The summed E-state index contributed by atoms with van der Waals surface area (Å²) in [6.45, 7) is 0.249. The minimum atomic E-state index is -1.00. The lowest BCUT2D eigenvalue weighted by Gasteiger charge is -2.06. The molecule has 150 valence electrons. The largest absolute Gasteiger partial charge is 0.478 e. The van der Waals surface area contributed by atoms with E-state index in [1.807, 2.05) is 0 Å². The van der Waals surface area contributed by atoms with E-state index in [-0.39, 0.29) is 23.8 Å². The summed E-state index contributed by atoms with van der Waals surface area (Å²) in [5.41, 5.74) is 2.49. The van der Waals surface area contributed by atoms with Crippen molar-refractivity contribution in [3.05, 3.63) is 101 Å². The van der Waals surface area contributed by atoms with Gasteiger partial charge in [0.15, 0.2) is 0 Å². The molecule has 2 aromatic carbocycles. The molecule has 2 N–H and O–H groups in total. The molecule has 0 saturated carbocycles. The molecule has 0 aliphatic carbocycles. The molecular weight excluding hydrogens is 387 g/mol.